The summed E-state index contributed by atoms with van der Waals surface area (Å²) in [4.78, 5) is 14.5. The molecule has 0 spiro atoms. The van der Waals surface area contributed by atoms with Crippen molar-refractivity contribution in [2.24, 2.45) is 5.92 Å². The minimum Gasteiger partial charge on any atom is -0.472 e. The van der Waals surface area contributed by atoms with E-state index in [1.807, 2.05) is 0 Å². The maximum Gasteiger partial charge on any atom is 0.254 e. The van der Waals surface area contributed by atoms with Crippen molar-refractivity contribution in [2.75, 3.05) is 31.1 Å². The maximum atomic E-state index is 11.8. The van der Waals surface area contributed by atoms with E-state index in [2.05, 4.69) is 22.0 Å². The van der Waals surface area contributed by atoms with Gasteiger partial charge in [0.25, 0.3) is 5.91 Å². The molecule has 0 aliphatic carbocycles. The molecule has 2 saturated heterocycles. The summed E-state index contributed by atoms with van der Waals surface area (Å²) in [6.07, 6.45) is 6.79. The molecule has 2 fully saturated rings. The van der Waals surface area contributed by atoms with E-state index in [9.17, 15) is 4.79 Å². The van der Waals surface area contributed by atoms with E-state index < -0.39 is 0 Å². The SMILES string of the molecule is O=C(NCC1CCN(C2CCSC2)CC1)c1ccoc1. The molecule has 0 bridgehead atoms. The van der Waals surface area contributed by atoms with Gasteiger partial charge in [-0.05, 0) is 50.1 Å². The fraction of sp³-hybridized carbons (Fsp3) is 0.667. The van der Waals surface area contributed by atoms with Crippen LogP contribution in [0.5, 0.6) is 0 Å². The van der Waals surface area contributed by atoms with E-state index in [4.69, 9.17) is 4.42 Å². The number of carbonyl (C=O) groups is 1. The van der Waals surface area contributed by atoms with Crippen molar-refractivity contribution in [2.45, 2.75) is 25.3 Å². The number of piperidine rings is 1. The summed E-state index contributed by atoms with van der Waals surface area (Å²) < 4.78 is 4.93. The summed E-state index contributed by atoms with van der Waals surface area (Å²) in [7, 11) is 0. The molecule has 110 valence electrons. The molecule has 0 radical (unpaired) electrons. The van der Waals surface area contributed by atoms with E-state index in [0.717, 1.165) is 12.6 Å². The van der Waals surface area contributed by atoms with Crippen LogP contribution in [0.4, 0.5) is 0 Å². The van der Waals surface area contributed by atoms with Gasteiger partial charge in [-0.25, -0.2) is 0 Å². The zero-order valence-electron chi connectivity index (χ0n) is 11.7. The number of carbonyl (C=O) groups excluding carboxylic acids is 1. The van der Waals surface area contributed by atoms with Gasteiger partial charge in [-0.15, -0.1) is 0 Å². The lowest BCUT2D eigenvalue weighted by molar-refractivity contribution is 0.0927. The lowest BCUT2D eigenvalue weighted by atomic mass is 9.95. The second kappa shape index (κ2) is 6.68. The van der Waals surface area contributed by atoms with Crippen LogP contribution >= 0.6 is 11.8 Å². The Hall–Kier alpha value is -0.940. The molecule has 1 atom stereocenters. The molecule has 1 N–H and O–H groups in total. The van der Waals surface area contributed by atoms with Gasteiger partial charge in [0.05, 0.1) is 11.8 Å². The van der Waals surface area contributed by atoms with Gasteiger partial charge in [-0.3, -0.25) is 9.69 Å². The first-order chi connectivity index (χ1) is 9.83. The average Bonchev–Trinajstić information content (AvgIpc) is 3.18. The van der Waals surface area contributed by atoms with Crippen LogP contribution in [0.1, 0.15) is 29.6 Å². The fourth-order valence-electron chi connectivity index (χ4n) is 3.07. The van der Waals surface area contributed by atoms with Gasteiger partial charge < -0.3 is 9.73 Å². The molecular formula is C15H22N2O2S. The molecule has 2 aliphatic heterocycles. The lowest BCUT2D eigenvalue weighted by Crippen LogP contribution is -2.43. The highest BCUT2D eigenvalue weighted by atomic mass is 32.2. The average molecular weight is 294 g/mol. The van der Waals surface area contributed by atoms with Crippen LogP contribution in [0.3, 0.4) is 0 Å². The highest BCUT2D eigenvalue weighted by molar-refractivity contribution is 7.99. The van der Waals surface area contributed by atoms with Crippen LogP contribution in [-0.4, -0.2) is 48.0 Å². The zero-order chi connectivity index (χ0) is 13.8. The minimum absolute atomic E-state index is 0.0200. The Morgan fingerprint density at radius 3 is 2.90 bits per heavy atom. The Labute approximate surface area is 124 Å². The number of hydrogen-bond acceptors (Lipinski definition) is 4. The molecule has 2 aliphatic rings. The Balaban J connectivity index is 1.39. The Bertz CT molecular complexity index is 421. The fourth-order valence-corrected chi connectivity index (χ4v) is 4.32. The van der Waals surface area contributed by atoms with Crippen molar-refractivity contribution < 1.29 is 9.21 Å². The normalized spacial score (nSPS) is 24.9. The van der Waals surface area contributed by atoms with Crippen molar-refractivity contribution in [1.29, 1.82) is 0 Å². The van der Waals surface area contributed by atoms with E-state index >= 15 is 0 Å². The van der Waals surface area contributed by atoms with Gasteiger partial charge in [0.15, 0.2) is 0 Å². The number of furan rings is 1. The van der Waals surface area contributed by atoms with Crippen molar-refractivity contribution in [3.05, 3.63) is 24.2 Å². The molecule has 4 nitrogen and oxygen atoms in total. The monoisotopic (exact) mass is 294 g/mol. The first-order valence-corrected chi connectivity index (χ1v) is 8.60. The van der Waals surface area contributed by atoms with Crippen molar-refractivity contribution in [3.63, 3.8) is 0 Å². The van der Waals surface area contributed by atoms with E-state index in [-0.39, 0.29) is 5.91 Å². The van der Waals surface area contributed by atoms with Crippen LogP contribution in [0.15, 0.2) is 23.0 Å². The van der Waals surface area contributed by atoms with Crippen LogP contribution < -0.4 is 5.32 Å². The quantitative estimate of drug-likeness (QED) is 0.925. The second-order valence-corrected chi connectivity index (χ2v) is 6.87. The standard InChI is InChI=1S/C15H22N2O2S/c18-15(13-3-7-19-10-13)16-9-12-1-5-17(6-2-12)14-4-8-20-11-14/h3,7,10,12,14H,1-2,4-6,8-9,11H2,(H,16,18). The van der Waals surface area contributed by atoms with E-state index in [1.54, 1.807) is 6.07 Å². The number of thioether (sulfide) groups is 1. The first kappa shape index (κ1) is 14.0. The maximum absolute atomic E-state index is 11.8. The third-order valence-electron chi connectivity index (χ3n) is 4.41. The molecule has 1 aromatic rings. The topological polar surface area (TPSA) is 45.5 Å². The van der Waals surface area contributed by atoms with E-state index in [1.165, 1.54) is 56.4 Å². The number of rotatable bonds is 4. The number of likely N-dealkylation sites (tertiary alicyclic amines) is 1. The predicted octanol–water partition coefficient (Wildman–Crippen LogP) is 2.23. The van der Waals surface area contributed by atoms with Crippen LogP contribution in [0.25, 0.3) is 0 Å². The molecule has 1 amide bonds. The summed E-state index contributed by atoms with van der Waals surface area (Å²) in [6, 6.07) is 2.51. The molecular weight excluding hydrogens is 272 g/mol. The Morgan fingerprint density at radius 2 is 2.25 bits per heavy atom. The molecule has 3 heterocycles. The molecule has 20 heavy (non-hydrogen) atoms. The van der Waals surface area contributed by atoms with Crippen molar-refractivity contribution >= 4 is 17.7 Å². The van der Waals surface area contributed by atoms with Crippen molar-refractivity contribution in [3.8, 4) is 0 Å². The van der Waals surface area contributed by atoms with E-state index in [0.29, 0.717) is 11.5 Å². The zero-order valence-corrected chi connectivity index (χ0v) is 12.5. The largest absolute Gasteiger partial charge is 0.472 e. The third-order valence-corrected chi connectivity index (χ3v) is 5.55. The number of amides is 1. The van der Waals surface area contributed by atoms with Crippen LogP contribution in [-0.2, 0) is 0 Å². The molecule has 1 aromatic heterocycles. The molecule has 3 rings (SSSR count). The smallest absolute Gasteiger partial charge is 0.254 e. The second-order valence-electron chi connectivity index (χ2n) is 5.72. The summed E-state index contributed by atoms with van der Waals surface area (Å²) in [6.45, 7) is 3.17. The summed E-state index contributed by atoms with van der Waals surface area (Å²) >= 11 is 2.08. The summed E-state index contributed by atoms with van der Waals surface area (Å²) in [5, 5.41) is 3.02. The lowest BCUT2D eigenvalue weighted by Gasteiger charge is -2.35. The van der Waals surface area contributed by atoms with Gasteiger partial charge in [0, 0.05) is 18.3 Å². The molecule has 0 aromatic carbocycles. The molecule has 5 heteroatoms. The third kappa shape index (κ3) is 3.38. The van der Waals surface area contributed by atoms with Gasteiger partial charge in [-0.2, -0.15) is 11.8 Å². The summed E-state index contributed by atoms with van der Waals surface area (Å²) in [5.74, 6) is 3.23. The Morgan fingerprint density at radius 1 is 1.40 bits per heavy atom. The molecule has 1 unspecified atom stereocenters. The van der Waals surface area contributed by atoms with Gasteiger partial charge in [0.1, 0.15) is 6.26 Å². The highest BCUT2D eigenvalue weighted by Gasteiger charge is 2.27. The minimum atomic E-state index is -0.0200. The van der Waals surface area contributed by atoms with Gasteiger partial charge >= 0.3 is 0 Å². The van der Waals surface area contributed by atoms with Crippen LogP contribution in [0, 0.1) is 5.92 Å². The summed E-state index contributed by atoms with van der Waals surface area (Å²) in [5.41, 5.74) is 0.616. The first-order valence-electron chi connectivity index (χ1n) is 7.45. The van der Waals surface area contributed by atoms with Crippen molar-refractivity contribution in [1.82, 2.24) is 10.2 Å². The number of nitrogens with one attached hydrogen (secondary N) is 1. The predicted molar refractivity (Wildman–Crippen MR) is 81.1 cm³/mol. The van der Waals surface area contributed by atoms with Gasteiger partial charge in [0.2, 0.25) is 0 Å². The number of nitrogens with zero attached hydrogens (tertiary/aromatic N) is 1. The number of hydrogen-bond donors (Lipinski definition) is 1. The molecule has 0 saturated carbocycles. The highest BCUT2D eigenvalue weighted by Crippen LogP contribution is 2.26. The van der Waals surface area contributed by atoms with Gasteiger partial charge in [-0.1, -0.05) is 0 Å². The van der Waals surface area contributed by atoms with Crippen LogP contribution in [0.2, 0.25) is 0 Å². The Kier molecular flexibility index (Phi) is 4.68.